The van der Waals surface area contributed by atoms with Gasteiger partial charge in [0.2, 0.25) is 4.96 Å². The summed E-state index contributed by atoms with van der Waals surface area (Å²) in [5.74, 6) is 0.832. The number of thiazole rings is 1. The van der Waals surface area contributed by atoms with Crippen LogP contribution < -0.4 is 5.32 Å². The predicted octanol–water partition coefficient (Wildman–Crippen LogP) is 3.11. The van der Waals surface area contributed by atoms with Gasteiger partial charge in [0.1, 0.15) is 0 Å². The van der Waals surface area contributed by atoms with Gasteiger partial charge in [0, 0.05) is 29.4 Å². The van der Waals surface area contributed by atoms with Crippen LogP contribution in [0.5, 0.6) is 0 Å². The second-order valence-corrected chi connectivity index (χ2v) is 6.95. The number of aromatic nitrogens is 3. The van der Waals surface area contributed by atoms with E-state index in [-0.39, 0.29) is 0 Å². The van der Waals surface area contributed by atoms with E-state index in [2.05, 4.69) is 44.3 Å². The van der Waals surface area contributed by atoms with Crippen LogP contribution in [0.25, 0.3) is 16.3 Å². The van der Waals surface area contributed by atoms with E-state index in [9.17, 15) is 0 Å². The van der Waals surface area contributed by atoms with Crippen LogP contribution in [0.1, 0.15) is 28.6 Å². The van der Waals surface area contributed by atoms with E-state index >= 15 is 0 Å². The molecule has 0 saturated heterocycles. The summed E-state index contributed by atoms with van der Waals surface area (Å²) in [6, 6.07) is 6.93. The molecule has 0 amide bonds. The van der Waals surface area contributed by atoms with Gasteiger partial charge in [-0.3, -0.25) is 0 Å². The largest absolute Gasteiger partial charge is 0.309 e. The average Bonchev–Trinajstić information content (AvgIpc) is 3.00. The molecule has 1 aromatic carbocycles. The Morgan fingerprint density at radius 3 is 2.95 bits per heavy atom. The summed E-state index contributed by atoms with van der Waals surface area (Å²) < 4.78 is 2.04. The second kappa shape index (κ2) is 4.64. The van der Waals surface area contributed by atoms with Gasteiger partial charge < -0.3 is 5.32 Å². The summed E-state index contributed by atoms with van der Waals surface area (Å²) >= 11 is 1.75. The molecule has 3 aromatic rings. The van der Waals surface area contributed by atoms with Crippen molar-refractivity contribution in [1.82, 2.24) is 19.9 Å². The lowest BCUT2D eigenvalue weighted by atomic mass is 10.1. The predicted molar refractivity (Wildman–Crippen MR) is 85.8 cm³/mol. The van der Waals surface area contributed by atoms with Gasteiger partial charge >= 0.3 is 0 Å². The van der Waals surface area contributed by atoms with Crippen molar-refractivity contribution >= 4 is 16.3 Å². The molecule has 2 aromatic heterocycles. The van der Waals surface area contributed by atoms with Crippen LogP contribution in [0.2, 0.25) is 0 Å². The van der Waals surface area contributed by atoms with Gasteiger partial charge in [0.25, 0.3) is 0 Å². The molecule has 0 spiro atoms. The molecule has 4 nitrogen and oxygen atoms in total. The molecule has 108 valence electrons. The third-order valence-electron chi connectivity index (χ3n) is 4.25. The smallest absolute Gasteiger partial charge is 0.213 e. The molecule has 0 fully saturated rings. The highest BCUT2D eigenvalue weighted by molar-refractivity contribution is 7.17. The molecule has 1 unspecified atom stereocenters. The summed E-state index contributed by atoms with van der Waals surface area (Å²) in [4.78, 5) is 7.10. The lowest BCUT2D eigenvalue weighted by Gasteiger charge is -2.19. The molecule has 1 aliphatic heterocycles. The summed E-state index contributed by atoms with van der Waals surface area (Å²) in [7, 11) is 0. The third-order valence-corrected chi connectivity index (χ3v) is 5.32. The highest BCUT2D eigenvalue weighted by atomic mass is 32.1. The number of benzene rings is 1. The number of fused-ring (bicyclic) bond motifs is 3. The Morgan fingerprint density at radius 2 is 2.14 bits per heavy atom. The Labute approximate surface area is 127 Å². The summed E-state index contributed by atoms with van der Waals surface area (Å²) in [6.45, 7) is 7.41. The van der Waals surface area contributed by atoms with Crippen LogP contribution in [-0.2, 0) is 13.0 Å². The molecule has 4 rings (SSSR count). The Kier molecular flexibility index (Phi) is 2.87. The maximum Gasteiger partial charge on any atom is 0.213 e. The summed E-state index contributed by atoms with van der Waals surface area (Å²) in [6.07, 6.45) is 1.02. The Bertz CT molecular complexity index is 830. The molecule has 0 aliphatic carbocycles. The zero-order valence-corrected chi connectivity index (χ0v) is 13.3. The Balaban J connectivity index is 1.82. The Hall–Kier alpha value is -1.72. The van der Waals surface area contributed by atoms with Gasteiger partial charge in [-0.25, -0.2) is 4.52 Å². The monoisotopic (exact) mass is 298 g/mol. The Morgan fingerprint density at radius 1 is 1.29 bits per heavy atom. The zero-order chi connectivity index (χ0) is 14.6. The molecule has 0 bridgehead atoms. The van der Waals surface area contributed by atoms with E-state index in [1.165, 1.54) is 21.7 Å². The SMILES string of the molecule is Cc1ccc(-c2nc3sc4c(n3n2)CC(C)NC4)cc1C. The lowest BCUT2D eigenvalue weighted by molar-refractivity contribution is 0.505. The number of rotatable bonds is 1. The highest BCUT2D eigenvalue weighted by Gasteiger charge is 2.22. The minimum absolute atomic E-state index is 0.504. The number of nitrogens with one attached hydrogen (secondary N) is 1. The van der Waals surface area contributed by atoms with Crippen LogP contribution in [0.3, 0.4) is 0 Å². The number of nitrogens with zero attached hydrogens (tertiary/aromatic N) is 3. The molecular formula is C16H18N4S. The van der Waals surface area contributed by atoms with Crippen molar-refractivity contribution in [3.63, 3.8) is 0 Å². The molecule has 3 heterocycles. The summed E-state index contributed by atoms with van der Waals surface area (Å²) in [5, 5.41) is 8.24. The van der Waals surface area contributed by atoms with Gasteiger partial charge in [-0.15, -0.1) is 5.10 Å². The van der Waals surface area contributed by atoms with Gasteiger partial charge in [-0.1, -0.05) is 23.5 Å². The molecule has 0 saturated carbocycles. The number of hydrogen-bond acceptors (Lipinski definition) is 4. The maximum absolute atomic E-state index is 4.75. The van der Waals surface area contributed by atoms with Crippen molar-refractivity contribution in [3.05, 3.63) is 39.9 Å². The standard InChI is InChI=1S/C16H18N4S/c1-9-4-5-12(6-10(9)2)15-18-16-20(19-15)13-7-11(3)17-8-14(13)21-16/h4-6,11,17H,7-8H2,1-3H3. The molecule has 0 radical (unpaired) electrons. The van der Waals surface area contributed by atoms with Crippen molar-refractivity contribution in [1.29, 1.82) is 0 Å². The molecular weight excluding hydrogens is 280 g/mol. The first-order valence-corrected chi connectivity index (χ1v) is 8.12. The topological polar surface area (TPSA) is 42.2 Å². The van der Waals surface area contributed by atoms with Crippen molar-refractivity contribution in [2.24, 2.45) is 0 Å². The normalized spacial score (nSPS) is 18.1. The van der Waals surface area contributed by atoms with E-state index in [0.29, 0.717) is 6.04 Å². The second-order valence-electron chi connectivity index (χ2n) is 5.89. The van der Waals surface area contributed by atoms with Gasteiger partial charge in [-0.05, 0) is 38.0 Å². The molecule has 1 N–H and O–H groups in total. The highest BCUT2D eigenvalue weighted by Crippen LogP contribution is 2.28. The number of aryl methyl sites for hydroxylation is 2. The van der Waals surface area contributed by atoms with E-state index in [1.807, 2.05) is 4.52 Å². The first-order valence-electron chi connectivity index (χ1n) is 7.30. The lowest BCUT2D eigenvalue weighted by Crippen LogP contribution is -2.32. The first kappa shape index (κ1) is 13.0. The molecule has 1 aliphatic rings. The van der Waals surface area contributed by atoms with Crippen LogP contribution in [0.4, 0.5) is 0 Å². The fraction of sp³-hybridized carbons (Fsp3) is 0.375. The van der Waals surface area contributed by atoms with Crippen molar-refractivity contribution < 1.29 is 0 Å². The summed E-state index contributed by atoms with van der Waals surface area (Å²) in [5.41, 5.74) is 5.01. The van der Waals surface area contributed by atoms with Crippen LogP contribution >= 0.6 is 11.3 Å². The third kappa shape index (κ3) is 2.08. The van der Waals surface area contributed by atoms with Crippen LogP contribution in [0, 0.1) is 13.8 Å². The van der Waals surface area contributed by atoms with E-state index in [4.69, 9.17) is 10.1 Å². The minimum Gasteiger partial charge on any atom is -0.309 e. The fourth-order valence-corrected chi connectivity index (χ4v) is 3.83. The average molecular weight is 298 g/mol. The van der Waals surface area contributed by atoms with E-state index in [1.54, 1.807) is 11.3 Å². The van der Waals surface area contributed by atoms with Gasteiger partial charge in [0.15, 0.2) is 5.82 Å². The van der Waals surface area contributed by atoms with Crippen molar-refractivity contribution in [2.75, 3.05) is 0 Å². The molecule has 21 heavy (non-hydrogen) atoms. The van der Waals surface area contributed by atoms with Gasteiger partial charge in [0.05, 0.1) is 5.69 Å². The molecule has 5 heteroatoms. The minimum atomic E-state index is 0.504. The first-order chi connectivity index (χ1) is 10.1. The van der Waals surface area contributed by atoms with E-state index < -0.39 is 0 Å². The number of hydrogen-bond donors (Lipinski definition) is 1. The fourth-order valence-electron chi connectivity index (χ4n) is 2.80. The van der Waals surface area contributed by atoms with Crippen molar-refractivity contribution in [2.45, 2.75) is 39.8 Å². The maximum atomic E-state index is 4.75. The quantitative estimate of drug-likeness (QED) is 0.750. The zero-order valence-electron chi connectivity index (χ0n) is 12.5. The van der Waals surface area contributed by atoms with Crippen molar-refractivity contribution in [3.8, 4) is 11.4 Å². The van der Waals surface area contributed by atoms with Crippen LogP contribution in [0.15, 0.2) is 18.2 Å². The molecule has 1 atom stereocenters. The van der Waals surface area contributed by atoms with E-state index in [0.717, 1.165) is 29.3 Å². The van der Waals surface area contributed by atoms with Crippen LogP contribution in [-0.4, -0.2) is 20.6 Å². The van der Waals surface area contributed by atoms with Gasteiger partial charge in [-0.2, -0.15) is 4.98 Å².